The average molecular weight is 435 g/mol. The smallest absolute Gasteiger partial charge is 0.443 e. The number of benzene rings is 1. The van der Waals surface area contributed by atoms with E-state index in [9.17, 15) is 26.4 Å². The Hall–Kier alpha value is -2.60. The van der Waals surface area contributed by atoms with E-state index in [0.29, 0.717) is 5.71 Å². The fourth-order valence-corrected chi connectivity index (χ4v) is 3.07. The molecule has 1 aliphatic heterocycles. The normalized spacial score (nSPS) is 15.1. The summed E-state index contributed by atoms with van der Waals surface area (Å²) in [5.74, 6) is -0.529. The number of hydrogen-bond acceptors (Lipinski definition) is 6. The number of ether oxygens (including phenoxy) is 2. The minimum absolute atomic E-state index is 0.0358. The summed E-state index contributed by atoms with van der Waals surface area (Å²) in [6.07, 6.45) is -2.57. The Morgan fingerprint density at radius 2 is 1.83 bits per heavy atom. The van der Waals surface area contributed by atoms with Gasteiger partial charge in [-0.15, -0.1) is 13.2 Å². The molecule has 1 aliphatic rings. The van der Waals surface area contributed by atoms with Crippen LogP contribution in [0.4, 0.5) is 18.0 Å². The zero-order valence-electron chi connectivity index (χ0n) is 15.9. The van der Waals surface area contributed by atoms with E-state index in [2.05, 4.69) is 14.5 Å². The monoisotopic (exact) mass is 435 g/mol. The third-order valence-corrected chi connectivity index (χ3v) is 4.73. The Kier molecular flexibility index (Phi) is 6.58. The second kappa shape index (κ2) is 8.41. The molecule has 160 valence electrons. The van der Waals surface area contributed by atoms with E-state index >= 15 is 0 Å². The van der Waals surface area contributed by atoms with E-state index in [1.165, 1.54) is 17.2 Å². The Labute approximate surface area is 166 Å². The number of carbonyl (C=O) groups excluding carboxylic acids is 1. The summed E-state index contributed by atoms with van der Waals surface area (Å²) in [4.78, 5) is 17.0. The van der Waals surface area contributed by atoms with Crippen LogP contribution in [0.3, 0.4) is 0 Å². The first-order valence-electron chi connectivity index (χ1n) is 8.32. The van der Waals surface area contributed by atoms with Crippen LogP contribution in [0.25, 0.3) is 0 Å². The quantitative estimate of drug-likeness (QED) is 0.767. The van der Waals surface area contributed by atoms with E-state index in [1.54, 1.807) is 20.8 Å². The van der Waals surface area contributed by atoms with Gasteiger partial charge in [-0.2, -0.15) is 0 Å². The molecule has 1 N–H and O–H groups in total. The van der Waals surface area contributed by atoms with Crippen LogP contribution in [0.2, 0.25) is 0 Å². The molecular formula is C17H20F3N3O5S. The van der Waals surface area contributed by atoms with Crippen LogP contribution in [-0.4, -0.2) is 50.3 Å². The second-order valence-electron chi connectivity index (χ2n) is 6.90. The highest BCUT2D eigenvalue weighted by atomic mass is 32.2. The highest BCUT2D eigenvalue weighted by molar-refractivity contribution is 7.89. The number of hydrogen-bond donors (Lipinski definition) is 1. The average Bonchev–Trinajstić information content (AvgIpc) is 2.58. The van der Waals surface area contributed by atoms with Crippen LogP contribution < -0.4 is 9.46 Å². The molecule has 1 heterocycles. The van der Waals surface area contributed by atoms with Crippen molar-refractivity contribution in [3.63, 3.8) is 0 Å². The minimum atomic E-state index is -4.86. The predicted octanol–water partition coefficient (Wildman–Crippen LogP) is 3.03. The molecule has 8 nitrogen and oxygen atoms in total. The van der Waals surface area contributed by atoms with Gasteiger partial charge in [-0.05, 0) is 51.1 Å². The molecule has 12 heteroatoms. The maximum Gasteiger partial charge on any atom is 0.573 e. The summed E-state index contributed by atoms with van der Waals surface area (Å²) in [5, 5.41) is 0. The highest BCUT2D eigenvalue weighted by Gasteiger charge is 2.31. The van der Waals surface area contributed by atoms with Gasteiger partial charge < -0.3 is 9.47 Å². The molecular weight excluding hydrogens is 415 g/mol. The highest BCUT2D eigenvalue weighted by Crippen LogP contribution is 2.23. The summed E-state index contributed by atoms with van der Waals surface area (Å²) in [6, 6.07) is 3.79. The summed E-state index contributed by atoms with van der Waals surface area (Å²) in [6.45, 7) is 4.98. The molecule has 29 heavy (non-hydrogen) atoms. The molecule has 0 aromatic heterocycles. The number of aliphatic imine (C=N–C) groups is 1. The number of nitrogens with zero attached hydrogens (tertiary/aromatic N) is 2. The van der Waals surface area contributed by atoms with Gasteiger partial charge in [0.05, 0.1) is 17.2 Å². The fourth-order valence-electron chi connectivity index (χ4n) is 2.07. The second-order valence-corrected chi connectivity index (χ2v) is 8.67. The largest absolute Gasteiger partial charge is 0.573 e. The van der Waals surface area contributed by atoms with Crippen LogP contribution >= 0.6 is 0 Å². The van der Waals surface area contributed by atoms with Gasteiger partial charge in [0, 0.05) is 6.20 Å². The third kappa shape index (κ3) is 7.38. The minimum Gasteiger partial charge on any atom is -0.443 e. The molecule has 0 saturated carbocycles. The van der Waals surface area contributed by atoms with Gasteiger partial charge in [-0.3, -0.25) is 9.89 Å². The molecule has 0 unspecified atom stereocenters. The van der Waals surface area contributed by atoms with Crippen LogP contribution in [0.1, 0.15) is 20.8 Å². The van der Waals surface area contributed by atoms with E-state index < -0.39 is 33.8 Å². The van der Waals surface area contributed by atoms with E-state index in [0.717, 1.165) is 24.3 Å². The lowest BCUT2D eigenvalue weighted by Crippen LogP contribution is -2.36. The van der Waals surface area contributed by atoms with Gasteiger partial charge in [0.1, 0.15) is 18.0 Å². The molecule has 0 bridgehead atoms. The predicted molar refractivity (Wildman–Crippen MR) is 97.8 cm³/mol. The zero-order chi connectivity index (χ0) is 21.9. The first-order chi connectivity index (χ1) is 13.3. The molecule has 0 radical (unpaired) electrons. The number of alkyl halides is 3. The summed E-state index contributed by atoms with van der Waals surface area (Å²) in [5.41, 5.74) is -0.295. The standard InChI is InChI=1S/C17H20F3N3O5S/c1-16(2,3)28-15(24)23-9-8-12(21-11-23)10-22-29(25,26)14-6-4-13(5-7-14)27-17(18,19)20/h4-9,22H,10-11H2,1-3H3. The fraction of sp³-hybridized carbons (Fsp3) is 0.412. The van der Waals surface area contributed by atoms with Crippen molar-refractivity contribution in [2.45, 2.75) is 37.6 Å². The number of amides is 1. The molecule has 0 fully saturated rings. The van der Waals surface area contributed by atoms with Gasteiger partial charge in [0.15, 0.2) is 0 Å². The maximum absolute atomic E-state index is 12.3. The molecule has 0 saturated heterocycles. The van der Waals surface area contributed by atoms with Crippen LogP contribution in [0.15, 0.2) is 46.4 Å². The summed E-state index contributed by atoms with van der Waals surface area (Å²) in [7, 11) is -3.98. The summed E-state index contributed by atoms with van der Waals surface area (Å²) < 4.78 is 72.2. The van der Waals surface area contributed by atoms with Gasteiger partial charge in [0.2, 0.25) is 10.0 Å². The lowest BCUT2D eigenvalue weighted by Gasteiger charge is -2.25. The lowest BCUT2D eigenvalue weighted by molar-refractivity contribution is -0.274. The van der Waals surface area contributed by atoms with Crippen LogP contribution in [0, 0.1) is 0 Å². The van der Waals surface area contributed by atoms with Crippen molar-refractivity contribution in [2.24, 2.45) is 4.99 Å². The van der Waals surface area contributed by atoms with E-state index in [-0.39, 0.29) is 18.1 Å². The first-order valence-corrected chi connectivity index (χ1v) is 9.80. The molecule has 0 atom stereocenters. The van der Waals surface area contributed by atoms with Crippen molar-refractivity contribution < 1.29 is 35.9 Å². The number of carbonyl (C=O) groups is 1. The molecule has 2 rings (SSSR count). The van der Waals surface area contributed by atoms with Gasteiger partial charge in [-0.1, -0.05) is 0 Å². The number of nitrogens with one attached hydrogen (secondary N) is 1. The number of sulfonamides is 1. The van der Waals surface area contributed by atoms with Crippen LogP contribution in [0.5, 0.6) is 5.75 Å². The number of halogens is 3. The Balaban J connectivity index is 1.93. The lowest BCUT2D eigenvalue weighted by atomic mass is 10.2. The van der Waals surface area contributed by atoms with Gasteiger partial charge in [0.25, 0.3) is 0 Å². The molecule has 1 aromatic carbocycles. The van der Waals surface area contributed by atoms with Gasteiger partial charge >= 0.3 is 12.5 Å². The molecule has 0 spiro atoms. The first kappa shape index (κ1) is 22.7. The van der Waals surface area contributed by atoms with Crippen molar-refractivity contribution in [1.29, 1.82) is 0 Å². The van der Waals surface area contributed by atoms with E-state index in [4.69, 9.17) is 4.74 Å². The third-order valence-electron chi connectivity index (χ3n) is 3.31. The summed E-state index contributed by atoms with van der Waals surface area (Å²) >= 11 is 0. The Morgan fingerprint density at radius 3 is 2.31 bits per heavy atom. The van der Waals surface area contributed by atoms with Gasteiger partial charge in [-0.25, -0.2) is 17.9 Å². The maximum atomic E-state index is 12.3. The number of rotatable bonds is 5. The van der Waals surface area contributed by atoms with Crippen molar-refractivity contribution in [2.75, 3.05) is 13.2 Å². The van der Waals surface area contributed by atoms with Crippen molar-refractivity contribution in [1.82, 2.24) is 9.62 Å². The topological polar surface area (TPSA) is 97.3 Å². The Morgan fingerprint density at radius 1 is 1.21 bits per heavy atom. The molecule has 1 aromatic rings. The van der Waals surface area contributed by atoms with E-state index in [1.807, 2.05) is 0 Å². The zero-order valence-corrected chi connectivity index (χ0v) is 16.7. The molecule has 1 amide bonds. The SMILES string of the molecule is CC(C)(C)OC(=O)N1C=CC(CNS(=O)(=O)c2ccc(OC(F)(F)F)cc2)=NC1. The molecule has 0 aliphatic carbocycles. The van der Waals surface area contributed by atoms with Crippen LogP contribution in [-0.2, 0) is 14.8 Å². The van der Waals surface area contributed by atoms with Crippen molar-refractivity contribution >= 4 is 21.8 Å². The van der Waals surface area contributed by atoms with Crippen molar-refractivity contribution in [3.8, 4) is 5.75 Å². The Bertz CT molecular complexity index is 904. The van der Waals surface area contributed by atoms with Crippen molar-refractivity contribution in [3.05, 3.63) is 36.5 Å².